The summed E-state index contributed by atoms with van der Waals surface area (Å²) in [6, 6.07) is 6.33. The number of rotatable bonds is 5. The van der Waals surface area contributed by atoms with Crippen LogP contribution >= 0.6 is 0 Å². The van der Waals surface area contributed by atoms with Crippen LogP contribution in [0.2, 0.25) is 0 Å². The van der Waals surface area contributed by atoms with E-state index in [0.717, 1.165) is 37.3 Å². The molecule has 1 heterocycles. The zero-order valence-electron chi connectivity index (χ0n) is 11.5. The third kappa shape index (κ3) is 2.91. The summed E-state index contributed by atoms with van der Waals surface area (Å²) in [4.78, 5) is 12.3. The Labute approximate surface area is 114 Å². The number of amides is 1. The first kappa shape index (κ1) is 12.5. The van der Waals surface area contributed by atoms with Crippen LogP contribution in [0.25, 0.3) is 0 Å². The molecule has 3 rings (SSSR count). The first-order valence-electron chi connectivity index (χ1n) is 7.44. The Morgan fingerprint density at radius 1 is 1.47 bits per heavy atom. The smallest absolute Gasteiger partial charge is 0.251 e. The highest BCUT2D eigenvalue weighted by Gasteiger charge is 2.25. The van der Waals surface area contributed by atoms with Crippen LogP contribution in [0.4, 0.5) is 5.69 Å². The normalized spacial score (nSPS) is 18.6. The van der Waals surface area contributed by atoms with Gasteiger partial charge < -0.3 is 10.6 Å². The SMILES string of the molecule is CCC(CC1CC1)NC(=O)c1ccc2c(c1)CCN2. The molecule has 1 aliphatic carbocycles. The van der Waals surface area contributed by atoms with Crippen molar-refractivity contribution in [1.82, 2.24) is 5.32 Å². The molecule has 1 aliphatic heterocycles. The predicted molar refractivity (Wildman–Crippen MR) is 77.5 cm³/mol. The van der Waals surface area contributed by atoms with E-state index in [2.05, 4.69) is 17.6 Å². The molecule has 1 fully saturated rings. The Kier molecular flexibility index (Phi) is 3.45. The van der Waals surface area contributed by atoms with E-state index in [1.54, 1.807) is 0 Å². The van der Waals surface area contributed by atoms with Gasteiger partial charge in [-0.2, -0.15) is 0 Å². The van der Waals surface area contributed by atoms with Gasteiger partial charge >= 0.3 is 0 Å². The number of carbonyl (C=O) groups excluding carboxylic acids is 1. The highest BCUT2D eigenvalue weighted by molar-refractivity contribution is 5.95. The van der Waals surface area contributed by atoms with Gasteiger partial charge in [0, 0.05) is 23.8 Å². The number of carbonyl (C=O) groups is 1. The maximum atomic E-state index is 12.3. The van der Waals surface area contributed by atoms with Crippen molar-refractivity contribution in [2.45, 2.75) is 45.1 Å². The van der Waals surface area contributed by atoms with E-state index in [1.165, 1.54) is 24.1 Å². The minimum atomic E-state index is 0.0854. The summed E-state index contributed by atoms with van der Waals surface area (Å²) in [7, 11) is 0. The van der Waals surface area contributed by atoms with Gasteiger partial charge in [0.2, 0.25) is 0 Å². The van der Waals surface area contributed by atoms with Crippen LogP contribution < -0.4 is 10.6 Å². The lowest BCUT2D eigenvalue weighted by Crippen LogP contribution is -2.34. The van der Waals surface area contributed by atoms with Gasteiger partial charge in [-0.3, -0.25) is 4.79 Å². The van der Waals surface area contributed by atoms with Crippen molar-refractivity contribution in [3.63, 3.8) is 0 Å². The average Bonchev–Trinajstić information content (AvgIpc) is 3.11. The van der Waals surface area contributed by atoms with Crippen molar-refractivity contribution in [3.8, 4) is 0 Å². The molecule has 1 saturated carbocycles. The lowest BCUT2D eigenvalue weighted by Gasteiger charge is -2.17. The van der Waals surface area contributed by atoms with Crippen molar-refractivity contribution >= 4 is 11.6 Å². The molecule has 1 amide bonds. The summed E-state index contributed by atoms with van der Waals surface area (Å²) in [5, 5.41) is 6.51. The van der Waals surface area contributed by atoms with Gasteiger partial charge in [0.05, 0.1) is 0 Å². The van der Waals surface area contributed by atoms with E-state index >= 15 is 0 Å². The monoisotopic (exact) mass is 258 g/mol. The van der Waals surface area contributed by atoms with Crippen LogP contribution in [0.1, 0.15) is 48.5 Å². The third-order valence-electron chi connectivity index (χ3n) is 4.22. The first-order chi connectivity index (χ1) is 9.26. The standard InChI is InChI=1S/C16H22N2O/c1-2-14(9-11-3-4-11)18-16(19)13-5-6-15-12(10-13)7-8-17-15/h5-6,10-11,14,17H,2-4,7-9H2,1H3,(H,18,19). The van der Waals surface area contributed by atoms with Crippen molar-refractivity contribution in [2.75, 3.05) is 11.9 Å². The quantitative estimate of drug-likeness (QED) is 0.852. The second-order valence-corrected chi connectivity index (χ2v) is 5.81. The maximum absolute atomic E-state index is 12.3. The number of hydrogen-bond donors (Lipinski definition) is 2. The summed E-state index contributed by atoms with van der Waals surface area (Å²) in [6.45, 7) is 3.14. The lowest BCUT2D eigenvalue weighted by molar-refractivity contribution is 0.0932. The van der Waals surface area contributed by atoms with E-state index in [0.29, 0.717) is 6.04 Å². The van der Waals surface area contributed by atoms with Crippen molar-refractivity contribution in [2.24, 2.45) is 5.92 Å². The molecule has 1 atom stereocenters. The molecule has 3 heteroatoms. The molecule has 0 spiro atoms. The van der Waals surface area contributed by atoms with Gasteiger partial charge in [0.1, 0.15) is 0 Å². The zero-order valence-corrected chi connectivity index (χ0v) is 11.5. The summed E-state index contributed by atoms with van der Waals surface area (Å²) in [5.41, 5.74) is 3.25. The Morgan fingerprint density at radius 3 is 3.05 bits per heavy atom. The minimum Gasteiger partial charge on any atom is -0.384 e. The Balaban J connectivity index is 1.65. The first-order valence-corrected chi connectivity index (χ1v) is 7.44. The highest BCUT2D eigenvalue weighted by atomic mass is 16.1. The highest BCUT2D eigenvalue weighted by Crippen LogP contribution is 2.34. The molecule has 1 aromatic carbocycles. The van der Waals surface area contributed by atoms with E-state index in [9.17, 15) is 4.79 Å². The molecule has 2 aliphatic rings. The third-order valence-corrected chi connectivity index (χ3v) is 4.22. The summed E-state index contributed by atoms with van der Waals surface area (Å²) in [6.07, 6.45) is 5.88. The zero-order chi connectivity index (χ0) is 13.2. The van der Waals surface area contributed by atoms with E-state index < -0.39 is 0 Å². The Hall–Kier alpha value is -1.51. The van der Waals surface area contributed by atoms with Crippen LogP contribution in [0.15, 0.2) is 18.2 Å². The molecule has 19 heavy (non-hydrogen) atoms. The van der Waals surface area contributed by atoms with Crippen LogP contribution in [0.5, 0.6) is 0 Å². The molecule has 0 saturated heterocycles. The van der Waals surface area contributed by atoms with Crippen LogP contribution in [-0.2, 0) is 6.42 Å². The molecule has 0 radical (unpaired) electrons. The Morgan fingerprint density at radius 2 is 2.32 bits per heavy atom. The molecule has 102 valence electrons. The van der Waals surface area contributed by atoms with Gasteiger partial charge in [-0.15, -0.1) is 0 Å². The van der Waals surface area contributed by atoms with Crippen molar-refractivity contribution < 1.29 is 4.79 Å². The van der Waals surface area contributed by atoms with Gasteiger partial charge in [-0.1, -0.05) is 19.8 Å². The summed E-state index contributed by atoms with van der Waals surface area (Å²) >= 11 is 0. The fraction of sp³-hybridized carbons (Fsp3) is 0.562. The molecule has 0 aromatic heterocycles. The summed E-state index contributed by atoms with van der Waals surface area (Å²) in [5.74, 6) is 0.941. The lowest BCUT2D eigenvalue weighted by atomic mass is 10.1. The molecule has 0 bridgehead atoms. The van der Waals surface area contributed by atoms with E-state index in [-0.39, 0.29) is 5.91 Å². The van der Waals surface area contributed by atoms with E-state index in [1.807, 2.05) is 18.2 Å². The number of anilines is 1. The van der Waals surface area contributed by atoms with Crippen molar-refractivity contribution in [3.05, 3.63) is 29.3 Å². The van der Waals surface area contributed by atoms with Crippen molar-refractivity contribution in [1.29, 1.82) is 0 Å². The fourth-order valence-electron chi connectivity index (χ4n) is 2.80. The van der Waals surface area contributed by atoms with Gasteiger partial charge in [-0.05, 0) is 48.9 Å². The number of nitrogens with one attached hydrogen (secondary N) is 2. The van der Waals surface area contributed by atoms with Crippen LogP contribution in [0.3, 0.4) is 0 Å². The number of fused-ring (bicyclic) bond motifs is 1. The number of hydrogen-bond acceptors (Lipinski definition) is 2. The molecule has 3 nitrogen and oxygen atoms in total. The van der Waals surface area contributed by atoms with Gasteiger partial charge in [0.25, 0.3) is 5.91 Å². The van der Waals surface area contributed by atoms with Gasteiger partial charge in [-0.25, -0.2) is 0 Å². The maximum Gasteiger partial charge on any atom is 0.251 e. The van der Waals surface area contributed by atoms with E-state index in [4.69, 9.17) is 0 Å². The topological polar surface area (TPSA) is 41.1 Å². The molecular weight excluding hydrogens is 236 g/mol. The largest absolute Gasteiger partial charge is 0.384 e. The van der Waals surface area contributed by atoms with Crippen LogP contribution in [0, 0.1) is 5.92 Å². The van der Waals surface area contributed by atoms with Crippen LogP contribution in [-0.4, -0.2) is 18.5 Å². The fourth-order valence-corrected chi connectivity index (χ4v) is 2.80. The average molecular weight is 258 g/mol. The van der Waals surface area contributed by atoms with Gasteiger partial charge in [0.15, 0.2) is 0 Å². The molecule has 1 unspecified atom stereocenters. The molecule has 2 N–H and O–H groups in total. The number of benzene rings is 1. The molecule has 1 aromatic rings. The predicted octanol–water partition coefficient (Wildman–Crippen LogP) is 2.96. The second kappa shape index (κ2) is 5.24. The second-order valence-electron chi connectivity index (χ2n) is 5.81. The minimum absolute atomic E-state index is 0.0854. The summed E-state index contributed by atoms with van der Waals surface area (Å²) < 4.78 is 0. The molecular formula is C16H22N2O. The Bertz CT molecular complexity index is 480.